The van der Waals surface area contributed by atoms with Gasteiger partial charge in [0.15, 0.2) is 17.5 Å². The van der Waals surface area contributed by atoms with E-state index in [-0.39, 0.29) is 64.6 Å². The first kappa shape index (κ1) is 37.7. The maximum atomic E-state index is 16.1. The molecule has 3 aromatic heterocycles. The average Bonchev–Trinajstić information content (AvgIpc) is 3.86. The third-order valence-electron chi connectivity index (χ3n) is 10.7. The molecule has 2 amide bonds. The quantitative estimate of drug-likeness (QED) is 0.198. The Morgan fingerprint density at radius 3 is 2.35 bits per heavy atom. The SMILES string of the molecule is CC(C)c1cc(C(=O)N2Cc3ccc(CN4CCN(C(=O)Cn5cc(-c6nc(-c7cnc(N)nc7)nc(N7CCOCC7)c6F)cn5)CC4)cc3C2)c(O)cc1O. The third-order valence-corrected chi connectivity index (χ3v) is 10.7. The zero-order valence-corrected chi connectivity index (χ0v) is 31.8. The highest BCUT2D eigenvalue weighted by molar-refractivity contribution is 5.97. The number of carbonyl (C=O) groups excluding carboxylic acids is 2. The van der Waals surface area contributed by atoms with Crippen molar-refractivity contribution in [3.63, 3.8) is 0 Å². The van der Waals surface area contributed by atoms with Crippen LogP contribution >= 0.6 is 0 Å². The van der Waals surface area contributed by atoms with Crippen molar-refractivity contribution in [2.75, 3.05) is 63.1 Å². The van der Waals surface area contributed by atoms with E-state index in [1.165, 1.54) is 29.3 Å². The largest absolute Gasteiger partial charge is 0.508 e. The number of halogens is 1. The Morgan fingerprint density at radius 1 is 0.877 bits per heavy atom. The molecule has 57 heavy (non-hydrogen) atoms. The summed E-state index contributed by atoms with van der Waals surface area (Å²) in [6.45, 7) is 9.68. The predicted octanol–water partition coefficient (Wildman–Crippen LogP) is 3.39. The first-order valence-corrected chi connectivity index (χ1v) is 19.0. The molecule has 3 aliphatic heterocycles. The molecule has 17 heteroatoms. The molecule has 0 bridgehead atoms. The lowest BCUT2D eigenvalue weighted by molar-refractivity contribution is -0.133. The molecular weight excluding hydrogens is 734 g/mol. The van der Waals surface area contributed by atoms with E-state index in [4.69, 9.17) is 10.5 Å². The second-order valence-electron chi connectivity index (χ2n) is 14.9. The van der Waals surface area contributed by atoms with Crippen LogP contribution in [0, 0.1) is 5.82 Å². The summed E-state index contributed by atoms with van der Waals surface area (Å²) in [5.74, 6) is -0.764. The van der Waals surface area contributed by atoms with Gasteiger partial charge in [-0.25, -0.2) is 24.3 Å². The maximum Gasteiger partial charge on any atom is 0.258 e. The first-order valence-electron chi connectivity index (χ1n) is 19.0. The van der Waals surface area contributed by atoms with E-state index in [0.29, 0.717) is 88.8 Å². The number of benzene rings is 2. The number of hydrogen-bond acceptors (Lipinski definition) is 13. The fourth-order valence-electron chi connectivity index (χ4n) is 7.51. The molecule has 2 saturated heterocycles. The Labute approximate surface area is 328 Å². The van der Waals surface area contributed by atoms with Crippen molar-refractivity contribution < 1.29 is 28.9 Å². The number of nitrogens with zero attached hydrogens (tertiary/aromatic N) is 10. The van der Waals surface area contributed by atoms with Crippen molar-refractivity contribution in [3.8, 4) is 34.1 Å². The van der Waals surface area contributed by atoms with Crippen molar-refractivity contribution in [3.05, 3.63) is 88.8 Å². The second kappa shape index (κ2) is 15.7. The van der Waals surface area contributed by atoms with Gasteiger partial charge in [-0.2, -0.15) is 5.10 Å². The van der Waals surface area contributed by atoms with Crippen molar-refractivity contribution in [1.82, 2.24) is 44.4 Å². The van der Waals surface area contributed by atoms with Crippen LogP contribution in [-0.2, 0) is 35.7 Å². The molecule has 0 aliphatic carbocycles. The highest BCUT2D eigenvalue weighted by Crippen LogP contribution is 2.35. The number of hydrogen-bond donors (Lipinski definition) is 3. The van der Waals surface area contributed by atoms with E-state index in [2.05, 4.69) is 48.1 Å². The summed E-state index contributed by atoms with van der Waals surface area (Å²) in [7, 11) is 0. The van der Waals surface area contributed by atoms with E-state index in [1.54, 1.807) is 17.2 Å². The molecule has 0 unspecified atom stereocenters. The number of aromatic nitrogens is 6. The van der Waals surface area contributed by atoms with Crippen LogP contribution in [0.1, 0.15) is 52.4 Å². The van der Waals surface area contributed by atoms with Crippen LogP contribution in [0.5, 0.6) is 11.5 Å². The number of carbonyl (C=O) groups is 2. The van der Waals surface area contributed by atoms with Crippen molar-refractivity contribution in [2.24, 2.45) is 0 Å². The lowest BCUT2D eigenvalue weighted by Crippen LogP contribution is -2.49. The summed E-state index contributed by atoms with van der Waals surface area (Å²) in [6, 6.07) is 9.08. The number of piperazine rings is 1. The summed E-state index contributed by atoms with van der Waals surface area (Å²) >= 11 is 0. The zero-order valence-electron chi connectivity index (χ0n) is 31.8. The Bertz CT molecular complexity index is 2300. The number of aromatic hydroxyl groups is 2. The standard InChI is InChI=1S/C40H44FN11O5/c1-24(2)30-14-31(33(54)15-32(30)53)39(56)51-20-26-4-3-25(13-27(26)21-51)19-48-5-7-49(8-6-48)34(55)23-52-22-29(18-45-52)36-35(41)38(50-9-11-57-12-10-50)47-37(46-36)28-16-43-40(42)44-17-28/h3-4,13-18,22,24,53-54H,5-12,19-21,23H2,1-2H3,(H2,42,43,44). The maximum absolute atomic E-state index is 16.1. The molecule has 5 aromatic rings. The average molecular weight is 778 g/mol. The van der Waals surface area contributed by atoms with E-state index in [1.807, 2.05) is 23.6 Å². The number of nitrogens with two attached hydrogens (primary N) is 1. The topological polar surface area (TPSA) is 192 Å². The molecule has 4 N–H and O–H groups in total. The Morgan fingerprint density at radius 2 is 1.61 bits per heavy atom. The first-order chi connectivity index (χ1) is 27.5. The van der Waals surface area contributed by atoms with Crippen molar-refractivity contribution in [1.29, 1.82) is 0 Å². The molecule has 0 radical (unpaired) electrons. The number of anilines is 2. The van der Waals surface area contributed by atoms with E-state index in [9.17, 15) is 19.8 Å². The number of morpholine rings is 1. The fraction of sp³-hybridized carbons (Fsp3) is 0.375. The molecule has 0 atom stereocenters. The highest BCUT2D eigenvalue weighted by atomic mass is 19.1. The van der Waals surface area contributed by atoms with Crippen molar-refractivity contribution in [2.45, 2.75) is 45.9 Å². The van der Waals surface area contributed by atoms with Crippen LogP contribution in [0.2, 0.25) is 0 Å². The summed E-state index contributed by atoms with van der Waals surface area (Å²) in [5.41, 5.74) is 10.6. The van der Waals surface area contributed by atoms with Gasteiger partial charge in [0.25, 0.3) is 5.91 Å². The summed E-state index contributed by atoms with van der Waals surface area (Å²) in [5, 5.41) is 25.1. The number of fused-ring (bicyclic) bond motifs is 1. The van der Waals surface area contributed by atoms with Gasteiger partial charge in [0.1, 0.15) is 23.7 Å². The number of ether oxygens (including phenoxy) is 1. The minimum absolute atomic E-state index is 0.00797. The van der Waals surface area contributed by atoms with Gasteiger partial charge in [-0.05, 0) is 34.2 Å². The minimum Gasteiger partial charge on any atom is -0.508 e. The smallest absolute Gasteiger partial charge is 0.258 e. The molecule has 16 nitrogen and oxygen atoms in total. The fourth-order valence-corrected chi connectivity index (χ4v) is 7.51. The van der Waals surface area contributed by atoms with Crippen LogP contribution in [0.25, 0.3) is 22.6 Å². The van der Waals surface area contributed by atoms with Gasteiger partial charge in [-0.3, -0.25) is 19.2 Å². The molecular formula is C40H44FN11O5. The van der Waals surface area contributed by atoms with Crippen LogP contribution in [0.15, 0.2) is 55.1 Å². The van der Waals surface area contributed by atoms with Gasteiger partial charge in [0, 0.05) is 89.1 Å². The number of phenols is 2. The van der Waals surface area contributed by atoms with Gasteiger partial charge >= 0.3 is 0 Å². The normalized spacial score (nSPS) is 16.0. The van der Waals surface area contributed by atoms with Gasteiger partial charge in [-0.1, -0.05) is 32.0 Å². The molecule has 2 aromatic carbocycles. The van der Waals surface area contributed by atoms with E-state index < -0.39 is 5.82 Å². The van der Waals surface area contributed by atoms with Crippen LogP contribution in [0.4, 0.5) is 16.2 Å². The van der Waals surface area contributed by atoms with Gasteiger partial charge in [0.05, 0.1) is 30.5 Å². The van der Waals surface area contributed by atoms with Crippen molar-refractivity contribution >= 4 is 23.6 Å². The summed E-state index contributed by atoms with van der Waals surface area (Å²) < 4.78 is 23.0. The minimum atomic E-state index is -0.595. The van der Waals surface area contributed by atoms with Crippen LogP contribution in [0.3, 0.4) is 0 Å². The van der Waals surface area contributed by atoms with Gasteiger partial charge < -0.3 is 35.4 Å². The lowest BCUT2D eigenvalue weighted by atomic mass is 9.98. The Balaban J connectivity index is 0.882. The summed E-state index contributed by atoms with van der Waals surface area (Å²) in [4.78, 5) is 51.6. The molecule has 0 saturated carbocycles. The highest BCUT2D eigenvalue weighted by Gasteiger charge is 2.29. The Kier molecular flexibility index (Phi) is 10.4. The molecule has 3 aliphatic rings. The summed E-state index contributed by atoms with van der Waals surface area (Å²) in [6.07, 6.45) is 6.09. The number of amides is 2. The third kappa shape index (κ3) is 7.93. The Hall–Kier alpha value is -6.20. The number of rotatable bonds is 9. The molecule has 2 fully saturated rings. The lowest BCUT2D eigenvalue weighted by Gasteiger charge is -2.34. The van der Waals surface area contributed by atoms with Crippen LogP contribution in [-0.4, -0.2) is 119 Å². The van der Waals surface area contributed by atoms with Crippen LogP contribution < -0.4 is 10.6 Å². The number of nitrogen functional groups attached to an aromatic ring is 1. The predicted molar refractivity (Wildman–Crippen MR) is 207 cm³/mol. The van der Waals surface area contributed by atoms with E-state index in [0.717, 1.165) is 16.7 Å². The molecule has 296 valence electrons. The molecule has 8 rings (SSSR count). The second-order valence-corrected chi connectivity index (χ2v) is 14.9. The van der Waals surface area contributed by atoms with Gasteiger partial charge in [0.2, 0.25) is 11.9 Å². The monoisotopic (exact) mass is 777 g/mol. The zero-order chi connectivity index (χ0) is 39.8. The molecule has 0 spiro atoms. The molecule has 6 heterocycles. The van der Waals surface area contributed by atoms with E-state index >= 15 is 4.39 Å². The van der Waals surface area contributed by atoms with Gasteiger partial charge in [-0.15, -0.1) is 0 Å². The number of phenolic OH excluding ortho intramolecular Hbond substituents is 2.